The van der Waals surface area contributed by atoms with Crippen LogP contribution in [0.4, 0.5) is 5.13 Å². The van der Waals surface area contributed by atoms with Crippen LogP contribution >= 0.6 is 23.1 Å². The summed E-state index contributed by atoms with van der Waals surface area (Å²) in [5.41, 5.74) is 1.66. The van der Waals surface area contributed by atoms with Gasteiger partial charge in [0.25, 0.3) is 0 Å². The zero-order chi connectivity index (χ0) is 17.6. The minimum atomic E-state index is -0.332. The number of benzene rings is 1. The molecule has 25 heavy (non-hydrogen) atoms. The zero-order valence-corrected chi connectivity index (χ0v) is 15.3. The fourth-order valence-electron chi connectivity index (χ4n) is 2.08. The van der Waals surface area contributed by atoms with Gasteiger partial charge in [-0.25, -0.2) is 15.0 Å². The summed E-state index contributed by atoms with van der Waals surface area (Å²) in [4.78, 5) is 25.1. The van der Waals surface area contributed by atoms with Crippen LogP contribution in [0.5, 0.6) is 5.75 Å². The Balaban J connectivity index is 1.67. The van der Waals surface area contributed by atoms with Gasteiger partial charge in [-0.15, -0.1) is 11.3 Å². The van der Waals surface area contributed by atoms with Crippen LogP contribution in [0, 0.1) is 0 Å². The molecule has 2 aromatic heterocycles. The number of anilines is 1. The van der Waals surface area contributed by atoms with Crippen LogP contribution in [0.1, 0.15) is 6.92 Å². The molecule has 8 heteroatoms. The fraction of sp³-hybridized carbons (Fsp3) is 0.176. The fourth-order valence-corrected chi connectivity index (χ4v) is 3.52. The number of ether oxygens (including phenoxy) is 1. The second kappa shape index (κ2) is 8.09. The Bertz CT molecular complexity index is 855. The van der Waals surface area contributed by atoms with E-state index in [1.54, 1.807) is 25.6 Å². The topological polar surface area (TPSA) is 77.0 Å². The van der Waals surface area contributed by atoms with Crippen molar-refractivity contribution in [3.63, 3.8) is 0 Å². The van der Waals surface area contributed by atoms with Gasteiger partial charge in [-0.05, 0) is 25.1 Å². The smallest absolute Gasteiger partial charge is 0.239 e. The summed E-state index contributed by atoms with van der Waals surface area (Å²) in [6.45, 7) is 1.81. The third-order valence-electron chi connectivity index (χ3n) is 3.31. The molecule has 2 heterocycles. The lowest BCUT2D eigenvalue weighted by Crippen LogP contribution is -2.22. The van der Waals surface area contributed by atoms with E-state index in [9.17, 15) is 4.79 Å². The highest BCUT2D eigenvalue weighted by Crippen LogP contribution is 2.32. The Morgan fingerprint density at radius 1 is 1.24 bits per heavy atom. The second-order valence-electron chi connectivity index (χ2n) is 5.02. The van der Waals surface area contributed by atoms with Crippen LogP contribution < -0.4 is 10.1 Å². The van der Waals surface area contributed by atoms with Gasteiger partial charge in [-0.1, -0.05) is 23.9 Å². The van der Waals surface area contributed by atoms with E-state index in [1.807, 2.05) is 36.6 Å². The summed E-state index contributed by atoms with van der Waals surface area (Å²) in [5.74, 6) is 0.606. The van der Waals surface area contributed by atoms with Crippen molar-refractivity contribution in [1.29, 1.82) is 0 Å². The molecule has 1 amide bonds. The third-order valence-corrected chi connectivity index (χ3v) is 5.06. The first kappa shape index (κ1) is 17.4. The lowest BCUT2D eigenvalue weighted by atomic mass is 10.1. The number of carbonyl (C=O) groups excluding carboxylic acids is 1. The van der Waals surface area contributed by atoms with Gasteiger partial charge in [0, 0.05) is 23.3 Å². The predicted molar refractivity (Wildman–Crippen MR) is 100 cm³/mol. The molecule has 1 aromatic carbocycles. The Morgan fingerprint density at radius 3 is 2.76 bits per heavy atom. The number of aromatic nitrogens is 3. The van der Waals surface area contributed by atoms with Crippen LogP contribution in [-0.4, -0.2) is 33.2 Å². The van der Waals surface area contributed by atoms with E-state index in [0.29, 0.717) is 10.3 Å². The number of methoxy groups -OCH3 is 1. The number of amides is 1. The van der Waals surface area contributed by atoms with Gasteiger partial charge >= 0.3 is 0 Å². The average molecular weight is 372 g/mol. The van der Waals surface area contributed by atoms with E-state index >= 15 is 0 Å². The zero-order valence-electron chi connectivity index (χ0n) is 13.7. The van der Waals surface area contributed by atoms with E-state index in [0.717, 1.165) is 17.0 Å². The molecule has 0 aliphatic carbocycles. The molecule has 1 atom stereocenters. The van der Waals surface area contributed by atoms with Crippen molar-refractivity contribution in [2.75, 3.05) is 12.4 Å². The Hall–Kier alpha value is -2.45. The lowest BCUT2D eigenvalue weighted by Gasteiger charge is -2.09. The number of carbonyl (C=O) groups is 1. The minimum absolute atomic E-state index is 0.140. The molecule has 0 saturated carbocycles. The molecule has 0 aliphatic heterocycles. The highest BCUT2D eigenvalue weighted by Gasteiger charge is 2.18. The molecule has 0 fully saturated rings. The molecule has 0 bridgehead atoms. The van der Waals surface area contributed by atoms with Crippen molar-refractivity contribution in [3.05, 3.63) is 48.1 Å². The van der Waals surface area contributed by atoms with Gasteiger partial charge in [-0.3, -0.25) is 4.79 Å². The normalized spacial score (nSPS) is 11.8. The number of nitrogens with one attached hydrogen (secondary N) is 1. The molecule has 0 spiro atoms. The summed E-state index contributed by atoms with van der Waals surface area (Å²) in [6.07, 6.45) is 3.31. The maximum absolute atomic E-state index is 12.3. The second-order valence-corrected chi connectivity index (χ2v) is 7.18. The van der Waals surface area contributed by atoms with Crippen LogP contribution in [0.15, 0.2) is 53.3 Å². The van der Waals surface area contributed by atoms with Crippen molar-refractivity contribution < 1.29 is 9.53 Å². The first-order valence-electron chi connectivity index (χ1n) is 7.51. The van der Waals surface area contributed by atoms with Crippen molar-refractivity contribution >= 4 is 34.1 Å². The maximum Gasteiger partial charge on any atom is 0.239 e. The Labute approximate surface area is 153 Å². The molecule has 128 valence electrons. The van der Waals surface area contributed by atoms with E-state index in [-0.39, 0.29) is 11.2 Å². The van der Waals surface area contributed by atoms with Gasteiger partial charge in [-0.2, -0.15) is 0 Å². The van der Waals surface area contributed by atoms with Gasteiger partial charge in [0.05, 0.1) is 18.1 Å². The van der Waals surface area contributed by atoms with E-state index in [4.69, 9.17) is 4.74 Å². The highest BCUT2D eigenvalue weighted by molar-refractivity contribution is 8.00. The monoisotopic (exact) mass is 372 g/mol. The average Bonchev–Trinajstić information content (AvgIpc) is 3.10. The predicted octanol–water partition coefficient (Wildman–Crippen LogP) is 3.73. The number of para-hydroxylation sites is 1. The van der Waals surface area contributed by atoms with E-state index < -0.39 is 0 Å². The van der Waals surface area contributed by atoms with Crippen molar-refractivity contribution in [2.24, 2.45) is 0 Å². The molecule has 0 aliphatic rings. The van der Waals surface area contributed by atoms with Crippen molar-refractivity contribution in [3.8, 4) is 17.0 Å². The number of hydrogen-bond acceptors (Lipinski definition) is 7. The van der Waals surface area contributed by atoms with Gasteiger partial charge < -0.3 is 10.1 Å². The van der Waals surface area contributed by atoms with Crippen molar-refractivity contribution in [2.45, 2.75) is 17.3 Å². The molecule has 0 saturated heterocycles. The number of thioether (sulfide) groups is 1. The molecule has 0 radical (unpaired) electrons. The first-order valence-corrected chi connectivity index (χ1v) is 9.26. The van der Waals surface area contributed by atoms with Crippen LogP contribution in [-0.2, 0) is 4.79 Å². The number of thiazole rings is 1. The van der Waals surface area contributed by atoms with Crippen LogP contribution in [0.2, 0.25) is 0 Å². The Kier molecular flexibility index (Phi) is 5.62. The van der Waals surface area contributed by atoms with E-state index in [2.05, 4.69) is 20.3 Å². The Morgan fingerprint density at radius 2 is 2.00 bits per heavy atom. The molecule has 3 aromatic rings. The van der Waals surface area contributed by atoms with Crippen LogP contribution in [0.3, 0.4) is 0 Å². The number of nitrogens with zero attached hydrogens (tertiary/aromatic N) is 3. The van der Waals surface area contributed by atoms with Gasteiger partial charge in [0.1, 0.15) is 5.75 Å². The standard InChI is InChI=1S/C17H16N4O2S2/c1-11(25-16-18-8-5-9-19-16)15(22)21-17-20-13(10-24-17)12-6-3-4-7-14(12)23-2/h3-11H,1-2H3,(H,20,21,22). The van der Waals surface area contributed by atoms with Crippen molar-refractivity contribution in [1.82, 2.24) is 15.0 Å². The summed E-state index contributed by atoms with van der Waals surface area (Å²) >= 11 is 2.68. The molecule has 1 N–H and O–H groups in total. The number of rotatable bonds is 6. The summed E-state index contributed by atoms with van der Waals surface area (Å²) in [7, 11) is 1.62. The van der Waals surface area contributed by atoms with Crippen LogP contribution in [0.25, 0.3) is 11.3 Å². The molecule has 3 rings (SSSR count). The van der Waals surface area contributed by atoms with E-state index in [1.165, 1.54) is 23.1 Å². The first-order chi connectivity index (χ1) is 12.2. The minimum Gasteiger partial charge on any atom is -0.496 e. The largest absolute Gasteiger partial charge is 0.496 e. The highest BCUT2D eigenvalue weighted by atomic mass is 32.2. The molecule has 6 nitrogen and oxygen atoms in total. The summed E-state index contributed by atoms with van der Waals surface area (Å²) < 4.78 is 5.35. The summed E-state index contributed by atoms with van der Waals surface area (Å²) in [6, 6.07) is 9.38. The van der Waals surface area contributed by atoms with Gasteiger partial charge in [0.15, 0.2) is 10.3 Å². The molecule has 1 unspecified atom stereocenters. The SMILES string of the molecule is COc1ccccc1-c1csc(NC(=O)C(C)Sc2ncccn2)n1. The number of hydrogen-bond donors (Lipinski definition) is 1. The lowest BCUT2D eigenvalue weighted by molar-refractivity contribution is -0.115. The summed E-state index contributed by atoms with van der Waals surface area (Å²) in [5, 5.41) is 5.52. The maximum atomic E-state index is 12.3. The van der Waals surface area contributed by atoms with Gasteiger partial charge in [0.2, 0.25) is 5.91 Å². The third kappa shape index (κ3) is 4.34. The quantitative estimate of drug-likeness (QED) is 0.525. The molecular weight excluding hydrogens is 356 g/mol. The molecular formula is C17H16N4O2S2.